The van der Waals surface area contributed by atoms with E-state index in [0.717, 1.165) is 6.07 Å². The number of carbonyl (C=O) groups is 5. The van der Waals surface area contributed by atoms with Gasteiger partial charge in [-0.15, -0.1) is 24.0 Å². The van der Waals surface area contributed by atoms with E-state index >= 15 is 0 Å². The Morgan fingerprint density at radius 1 is 0.923 bits per heavy atom. The minimum Gasteiger partial charge on any atom is -0.444 e. The van der Waals surface area contributed by atoms with Crippen molar-refractivity contribution in [2.75, 3.05) is 13.2 Å². The molecule has 1 unspecified atom stereocenters. The number of ether oxygens (including phenoxy) is 3. The minimum absolute atomic E-state index is 0. The number of ketones is 2. The number of amidine groups is 1. The van der Waals surface area contributed by atoms with Gasteiger partial charge in [0.15, 0.2) is 36.3 Å². The maximum absolute atomic E-state index is 13.6. The quantitative estimate of drug-likeness (QED) is 0.0893. The number of alkyl carbamates (subject to hydrolysis) is 1. The monoisotopic (exact) mass is 654 g/mol. The molecule has 2 aromatic rings. The fraction of sp³-hybridized carbons (Fsp3) is 0.308. The Bertz CT molecular complexity index is 1260. The summed E-state index contributed by atoms with van der Waals surface area (Å²) in [4.78, 5) is 71.7. The summed E-state index contributed by atoms with van der Waals surface area (Å²) in [5.41, 5.74) is -0.639. The van der Waals surface area contributed by atoms with Crippen molar-refractivity contribution in [1.82, 2.24) is 5.32 Å². The fourth-order valence-corrected chi connectivity index (χ4v) is 3.26. The Morgan fingerprint density at radius 3 is 2.10 bits per heavy atom. The van der Waals surface area contributed by atoms with Gasteiger partial charge in [0.1, 0.15) is 11.4 Å². The SMILES string of the molecule is CC(C)(C)OC(=O)NC(=N)C(CC(=O)c1ccccc1)C(=O)c1ccc2c(c1)OC(=O)COOCC(=O)O2.I. The Balaban J connectivity index is 0.00000533. The lowest BCUT2D eigenvalue weighted by Gasteiger charge is -2.22. The summed E-state index contributed by atoms with van der Waals surface area (Å²) >= 11 is 0. The fourth-order valence-electron chi connectivity index (χ4n) is 3.26. The summed E-state index contributed by atoms with van der Waals surface area (Å²) in [5, 5.41) is 10.6. The molecule has 208 valence electrons. The van der Waals surface area contributed by atoms with Crippen LogP contribution in [0.3, 0.4) is 0 Å². The van der Waals surface area contributed by atoms with Gasteiger partial charge >= 0.3 is 18.0 Å². The molecule has 0 saturated heterocycles. The highest BCUT2D eigenvalue weighted by Crippen LogP contribution is 2.31. The van der Waals surface area contributed by atoms with Crippen LogP contribution in [0.4, 0.5) is 4.79 Å². The number of hydrogen-bond acceptors (Lipinski definition) is 11. The number of fused-ring (bicyclic) bond motifs is 1. The third-order valence-corrected chi connectivity index (χ3v) is 4.90. The molecule has 1 aliphatic rings. The smallest absolute Gasteiger partial charge is 0.413 e. The highest BCUT2D eigenvalue weighted by Gasteiger charge is 2.31. The number of Topliss-reactive ketones (excluding diaryl/α,β-unsaturated/α-hetero) is 2. The van der Waals surface area contributed by atoms with Crippen LogP contribution in [0.15, 0.2) is 48.5 Å². The third-order valence-electron chi connectivity index (χ3n) is 4.90. The number of halogens is 1. The molecule has 0 bridgehead atoms. The van der Waals surface area contributed by atoms with Gasteiger partial charge in [-0.1, -0.05) is 30.3 Å². The van der Waals surface area contributed by atoms with Crippen molar-refractivity contribution in [3.63, 3.8) is 0 Å². The molecule has 0 aromatic heterocycles. The van der Waals surface area contributed by atoms with Gasteiger partial charge in [0.2, 0.25) is 0 Å². The molecule has 1 heterocycles. The van der Waals surface area contributed by atoms with E-state index in [1.807, 2.05) is 0 Å². The van der Waals surface area contributed by atoms with Gasteiger partial charge in [-0.2, -0.15) is 0 Å². The van der Waals surface area contributed by atoms with Crippen molar-refractivity contribution in [3.8, 4) is 11.5 Å². The van der Waals surface area contributed by atoms with Crippen LogP contribution in [0.1, 0.15) is 47.9 Å². The molecular formula is C26H27IN2O10. The van der Waals surface area contributed by atoms with Gasteiger partial charge in [-0.3, -0.25) is 20.3 Å². The predicted molar refractivity (Wildman–Crippen MR) is 145 cm³/mol. The molecule has 0 aliphatic carbocycles. The number of benzene rings is 2. The van der Waals surface area contributed by atoms with Crippen LogP contribution in [-0.4, -0.2) is 54.2 Å². The number of rotatable bonds is 6. The zero-order valence-corrected chi connectivity index (χ0v) is 23.6. The number of nitrogens with one attached hydrogen (secondary N) is 2. The molecule has 1 atom stereocenters. The summed E-state index contributed by atoms with van der Waals surface area (Å²) < 4.78 is 15.4. The molecule has 1 amide bonds. The van der Waals surface area contributed by atoms with E-state index in [-0.39, 0.29) is 41.0 Å². The topological polar surface area (TPSA) is 167 Å². The number of hydrogen-bond donors (Lipinski definition) is 2. The summed E-state index contributed by atoms with van der Waals surface area (Å²) in [6.45, 7) is 3.66. The van der Waals surface area contributed by atoms with Crippen LogP contribution in [0.2, 0.25) is 0 Å². The molecule has 2 N–H and O–H groups in total. The first-order valence-electron chi connectivity index (χ1n) is 11.4. The summed E-state index contributed by atoms with van der Waals surface area (Å²) in [6, 6.07) is 11.8. The highest BCUT2D eigenvalue weighted by molar-refractivity contribution is 14.0. The molecule has 0 saturated carbocycles. The van der Waals surface area contributed by atoms with E-state index in [1.54, 1.807) is 51.1 Å². The Kier molecular flexibility index (Phi) is 11.2. The third kappa shape index (κ3) is 9.53. The molecule has 0 radical (unpaired) electrons. The average molecular weight is 654 g/mol. The molecule has 0 fully saturated rings. The second kappa shape index (κ2) is 13.9. The van der Waals surface area contributed by atoms with E-state index in [4.69, 9.17) is 19.6 Å². The number of esters is 2. The van der Waals surface area contributed by atoms with Gasteiger partial charge in [-0.05, 0) is 39.0 Å². The maximum atomic E-state index is 13.6. The molecule has 39 heavy (non-hydrogen) atoms. The highest BCUT2D eigenvalue weighted by atomic mass is 127. The summed E-state index contributed by atoms with van der Waals surface area (Å²) in [7, 11) is 0. The summed E-state index contributed by atoms with van der Waals surface area (Å²) in [5.74, 6) is -5.36. The maximum Gasteiger partial charge on any atom is 0.413 e. The first-order chi connectivity index (χ1) is 17.9. The lowest BCUT2D eigenvalue weighted by molar-refractivity contribution is -0.289. The lowest BCUT2D eigenvalue weighted by Crippen LogP contribution is -2.42. The van der Waals surface area contributed by atoms with Crippen LogP contribution < -0.4 is 14.8 Å². The zero-order chi connectivity index (χ0) is 27.9. The minimum atomic E-state index is -1.43. The Morgan fingerprint density at radius 2 is 1.51 bits per heavy atom. The van der Waals surface area contributed by atoms with Crippen molar-refractivity contribution in [1.29, 1.82) is 5.41 Å². The Labute approximate surface area is 240 Å². The summed E-state index contributed by atoms with van der Waals surface area (Å²) in [6.07, 6.45) is -1.42. The van der Waals surface area contributed by atoms with Gasteiger partial charge in [-0.25, -0.2) is 24.2 Å². The second-order valence-electron chi connectivity index (χ2n) is 9.08. The second-order valence-corrected chi connectivity index (χ2v) is 9.08. The number of amides is 1. The largest absolute Gasteiger partial charge is 0.444 e. The van der Waals surface area contributed by atoms with Gasteiger partial charge in [0, 0.05) is 17.5 Å². The predicted octanol–water partition coefficient (Wildman–Crippen LogP) is 3.65. The van der Waals surface area contributed by atoms with Gasteiger partial charge < -0.3 is 14.2 Å². The lowest BCUT2D eigenvalue weighted by atomic mass is 9.89. The van der Waals surface area contributed by atoms with Crippen LogP contribution >= 0.6 is 24.0 Å². The zero-order valence-electron chi connectivity index (χ0n) is 21.3. The van der Waals surface area contributed by atoms with E-state index in [9.17, 15) is 24.0 Å². The molecule has 12 nitrogen and oxygen atoms in total. The van der Waals surface area contributed by atoms with Crippen molar-refractivity contribution >= 4 is 59.4 Å². The van der Waals surface area contributed by atoms with Crippen LogP contribution in [0.5, 0.6) is 11.5 Å². The first kappa shape index (κ1) is 31.5. The Hall–Kier alpha value is -3.69. The van der Waals surface area contributed by atoms with Crippen LogP contribution in [0.25, 0.3) is 0 Å². The van der Waals surface area contributed by atoms with E-state index in [1.165, 1.54) is 12.1 Å². The van der Waals surface area contributed by atoms with Crippen molar-refractivity contribution in [2.45, 2.75) is 32.8 Å². The van der Waals surface area contributed by atoms with Crippen LogP contribution in [-0.2, 0) is 24.1 Å². The van der Waals surface area contributed by atoms with Crippen molar-refractivity contribution in [2.24, 2.45) is 5.92 Å². The standard InChI is InChI=1S/C26H26N2O10.HI/c1-26(2,3)38-25(33)28-24(27)17(12-18(29)15-7-5-4-6-8-15)23(32)16-9-10-19-20(11-16)37-22(31)14-35-34-13-21(30)36-19;/h4-11,17H,12-14H2,1-3H3,(H2,27,28,33);1H. The number of carbonyl (C=O) groups excluding carboxylic acids is 5. The molecule has 3 rings (SSSR count). The van der Waals surface area contributed by atoms with Crippen LogP contribution in [0, 0.1) is 11.3 Å². The van der Waals surface area contributed by atoms with E-state index in [0.29, 0.717) is 5.56 Å². The normalized spacial score (nSPS) is 14.3. The van der Waals surface area contributed by atoms with E-state index in [2.05, 4.69) is 15.1 Å². The molecule has 1 aliphatic heterocycles. The van der Waals surface area contributed by atoms with Crippen molar-refractivity contribution in [3.05, 3.63) is 59.7 Å². The average Bonchev–Trinajstić information content (AvgIpc) is 2.84. The van der Waals surface area contributed by atoms with Gasteiger partial charge in [0.05, 0.1) is 5.92 Å². The van der Waals surface area contributed by atoms with Gasteiger partial charge in [0.25, 0.3) is 0 Å². The first-order valence-corrected chi connectivity index (χ1v) is 11.4. The van der Waals surface area contributed by atoms with E-state index < -0.39 is 66.6 Å². The molecule has 0 spiro atoms. The molecule has 13 heteroatoms. The molecule has 2 aromatic carbocycles. The van der Waals surface area contributed by atoms with Crippen molar-refractivity contribution < 1.29 is 48.0 Å². The molecular weight excluding hydrogens is 627 g/mol.